The lowest BCUT2D eigenvalue weighted by Crippen LogP contribution is -2.32. The van der Waals surface area contributed by atoms with E-state index in [0.29, 0.717) is 5.92 Å². The lowest BCUT2D eigenvalue weighted by atomic mass is 9.97. The molecule has 0 atom stereocenters. The maximum atomic E-state index is 4.87. The maximum absolute atomic E-state index is 4.87. The zero-order chi connectivity index (χ0) is 13.9. The first kappa shape index (κ1) is 14.2. The van der Waals surface area contributed by atoms with Gasteiger partial charge < -0.3 is 4.90 Å². The molecule has 3 rings (SSSR count). The number of aromatic nitrogens is 1. The second-order valence-corrected chi connectivity index (χ2v) is 7.09. The first-order valence-corrected chi connectivity index (χ1v) is 8.87. The number of hydrogen-bond donors (Lipinski definition) is 0. The summed E-state index contributed by atoms with van der Waals surface area (Å²) in [7, 11) is 0. The van der Waals surface area contributed by atoms with Crippen molar-refractivity contribution in [3.8, 4) is 11.3 Å². The number of thiazole rings is 1. The van der Waals surface area contributed by atoms with Crippen LogP contribution in [0.4, 0.5) is 0 Å². The third-order valence-corrected chi connectivity index (χ3v) is 5.58. The fourth-order valence-electron chi connectivity index (χ4n) is 2.72. The second-order valence-electron chi connectivity index (χ2n) is 5.29. The normalized spacial score (nSPS) is 17.5. The summed E-state index contributed by atoms with van der Waals surface area (Å²) in [5, 5.41) is 3.52. The van der Waals surface area contributed by atoms with Crippen molar-refractivity contribution >= 4 is 27.3 Å². The summed E-state index contributed by atoms with van der Waals surface area (Å²) in [4.78, 5) is 7.40. The van der Waals surface area contributed by atoms with Gasteiger partial charge >= 0.3 is 0 Å². The molecule has 106 valence electrons. The first-order valence-electron chi connectivity index (χ1n) is 7.20. The van der Waals surface area contributed by atoms with Gasteiger partial charge in [0.2, 0.25) is 0 Å². The molecule has 2 heterocycles. The number of nitrogens with zero attached hydrogens (tertiary/aromatic N) is 2. The number of hydrogen-bond acceptors (Lipinski definition) is 3. The van der Waals surface area contributed by atoms with Gasteiger partial charge in [-0.05, 0) is 44.6 Å². The van der Waals surface area contributed by atoms with E-state index in [9.17, 15) is 0 Å². The van der Waals surface area contributed by atoms with Crippen LogP contribution in [-0.2, 0) is 0 Å². The van der Waals surface area contributed by atoms with Gasteiger partial charge in [-0.1, -0.05) is 35.0 Å². The standard InChI is InChI=1S/C16H19BrN2S/c1-2-19-9-7-13(8-10-19)16-18-15(11-20-16)12-3-5-14(17)6-4-12/h3-6,11,13H,2,7-10H2,1H3. The van der Waals surface area contributed by atoms with E-state index in [4.69, 9.17) is 4.98 Å². The highest BCUT2D eigenvalue weighted by Crippen LogP contribution is 2.33. The summed E-state index contributed by atoms with van der Waals surface area (Å²) in [6, 6.07) is 8.41. The van der Waals surface area contributed by atoms with E-state index in [1.54, 1.807) is 0 Å². The Bertz CT molecular complexity index is 556. The molecule has 20 heavy (non-hydrogen) atoms. The molecule has 0 radical (unpaired) electrons. The largest absolute Gasteiger partial charge is 0.304 e. The molecular formula is C16H19BrN2S. The molecule has 1 aliphatic heterocycles. The zero-order valence-electron chi connectivity index (χ0n) is 11.7. The van der Waals surface area contributed by atoms with Gasteiger partial charge in [-0.15, -0.1) is 11.3 Å². The Labute approximate surface area is 133 Å². The van der Waals surface area contributed by atoms with E-state index in [1.807, 2.05) is 11.3 Å². The molecule has 2 nitrogen and oxygen atoms in total. The highest BCUT2D eigenvalue weighted by Gasteiger charge is 2.22. The van der Waals surface area contributed by atoms with Crippen LogP contribution < -0.4 is 0 Å². The monoisotopic (exact) mass is 350 g/mol. The highest BCUT2D eigenvalue weighted by molar-refractivity contribution is 9.10. The van der Waals surface area contributed by atoms with E-state index in [1.165, 1.54) is 43.0 Å². The van der Waals surface area contributed by atoms with Gasteiger partial charge in [0.15, 0.2) is 0 Å². The summed E-state index contributed by atoms with van der Waals surface area (Å²) in [6.45, 7) is 5.85. The van der Waals surface area contributed by atoms with E-state index in [-0.39, 0.29) is 0 Å². The Morgan fingerprint density at radius 2 is 1.95 bits per heavy atom. The molecule has 0 amide bonds. The topological polar surface area (TPSA) is 16.1 Å². The van der Waals surface area contributed by atoms with E-state index in [2.05, 4.69) is 57.4 Å². The Morgan fingerprint density at radius 3 is 2.60 bits per heavy atom. The van der Waals surface area contributed by atoms with Crippen LogP contribution in [0.15, 0.2) is 34.1 Å². The van der Waals surface area contributed by atoms with Crippen molar-refractivity contribution in [2.45, 2.75) is 25.7 Å². The number of likely N-dealkylation sites (tertiary alicyclic amines) is 1. The Morgan fingerprint density at radius 1 is 1.25 bits per heavy atom. The van der Waals surface area contributed by atoms with Crippen LogP contribution in [0.2, 0.25) is 0 Å². The van der Waals surface area contributed by atoms with Gasteiger partial charge in [-0.25, -0.2) is 4.98 Å². The van der Waals surface area contributed by atoms with Crippen LogP contribution in [0.1, 0.15) is 30.7 Å². The van der Waals surface area contributed by atoms with E-state index >= 15 is 0 Å². The highest BCUT2D eigenvalue weighted by atomic mass is 79.9. The van der Waals surface area contributed by atoms with Crippen LogP contribution in [0.3, 0.4) is 0 Å². The number of piperidine rings is 1. The van der Waals surface area contributed by atoms with E-state index in [0.717, 1.165) is 10.2 Å². The molecule has 0 bridgehead atoms. The molecule has 0 N–H and O–H groups in total. The summed E-state index contributed by atoms with van der Waals surface area (Å²) in [5.41, 5.74) is 2.33. The SMILES string of the molecule is CCN1CCC(c2nc(-c3ccc(Br)cc3)cs2)CC1. The molecule has 0 aliphatic carbocycles. The van der Waals surface area contributed by atoms with Crippen LogP contribution >= 0.6 is 27.3 Å². The summed E-state index contributed by atoms with van der Waals surface area (Å²) < 4.78 is 1.11. The third kappa shape index (κ3) is 3.13. The molecule has 4 heteroatoms. The maximum Gasteiger partial charge on any atom is 0.0964 e. The van der Waals surface area contributed by atoms with Crippen molar-refractivity contribution in [3.05, 3.63) is 39.1 Å². The predicted octanol–water partition coefficient (Wildman–Crippen LogP) is 4.77. The van der Waals surface area contributed by atoms with Gasteiger partial charge in [0.05, 0.1) is 10.7 Å². The van der Waals surface area contributed by atoms with Gasteiger partial charge in [-0.2, -0.15) is 0 Å². The number of benzene rings is 1. The van der Waals surface area contributed by atoms with Gasteiger partial charge in [0.1, 0.15) is 0 Å². The third-order valence-electron chi connectivity index (χ3n) is 4.05. The molecule has 0 unspecified atom stereocenters. The fraction of sp³-hybridized carbons (Fsp3) is 0.438. The molecule has 1 fully saturated rings. The first-order chi connectivity index (χ1) is 9.76. The number of halogens is 1. The average Bonchev–Trinajstić information content (AvgIpc) is 2.98. The van der Waals surface area contributed by atoms with Gasteiger partial charge in [0, 0.05) is 21.3 Å². The molecule has 0 spiro atoms. The smallest absolute Gasteiger partial charge is 0.0964 e. The summed E-state index contributed by atoms with van der Waals surface area (Å²) >= 11 is 5.30. The summed E-state index contributed by atoms with van der Waals surface area (Å²) in [5.74, 6) is 0.659. The van der Waals surface area contributed by atoms with Crippen molar-refractivity contribution in [2.75, 3.05) is 19.6 Å². The van der Waals surface area contributed by atoms with Crippen molar-refractivity contribution in [1.82, 2.24) is 9.88 Å². The van der Waals surface area contributed by atoms with E-state index < -0.39 is 0 Å². The lowest BCUT2D eigenvalue weighted by molar-refractivity contribution is 0.222. The van der Waals surface area contributed by atoms with Crippen LogP contribution in [-0.4, -0.2) is 29.5 Å². The molecule has 1 saturated heterocycles. The molecule has 1 aromatic carbocycles. The van der Waals surface area contributed by atoms with Crippen molar-refractivity contribution in [3.63, 3.8) is 0 Å². The quantitative estimate of drug-likeness (QED) is 0.792. The Hall–Kier alpha value is -0.710. The molecule has 1 aromatic heterocycles. The second kappa shape index (κ2) is 6.37. The van der Waals surface area contributed by atoms with Crippen molar-refractivity contribution in [2.24, 2.45) is 0 Å². The minimum absolute atomic E-state index is 0.659. The molecule has 0 saturated carbocycles. The molecule has 1 aliphatic rings. The average molecular weight is 351 g/mol. The lowest BCUT2D eigenvalue weighted by Gasteiger charge is -2.29. The van der Waals surface area contributed by atoms with Crippen LogP contribution in [0.25, 0.3) is 11.3 Å². The van der Waals surface area contributed by atoms with Crippen LogP contribution in [0.5, 0.6) is 0 Å². The van der Waals surface area contributed by atoms with Gasteiger partial charge in [0.25, 0.3) is 0 Å². The van der Waals surface area contributed by atoms with Crippen molar-refractivity contribution in [1.29, 1.82) is 0 Å². The summed E-state index contributed by atoms with van der Waals surface area (Å²) in [6.07, 6.45) is 2.50. The minimum Gasteiger partial charge on any atom is -0.304 e. The Balaban J connectivity index is 1.72. The number of rotatable bonds is 3. The fourth-order valence-corrected chi connectivity index (χ4v) is 3.99. The van der Waals surface area contributed by atoms with Crippen LogP contribution in [0, 0.1) is 0 Å². The molecule has 2 aromatic rings. The molecular weight excluding hydrogens is 332 g/mol. The minimum atomic E-state index is 0.659. The van der Waals surface area contributed by atoms with Gasteiger partial charge in [-0.3, -0.25) is 0 Å². The Kier molecular flexibility index (Phi) is 4.54. The predicted molar refractivity (Wildman–Crippen MR) is 89.3 cm³/mol. The zero-order valence-corrected chi connectivity index (χ0v) is 14.1. The van der Waals surface area contributed by atoms with Crippen molar-refractivity contribution < 1.29 is 0 Å².